The summed E-state index contributed by atoms with van der Waals surface area (Å²) in [4.78, 5) is 0.0239. The highest BCUT2D eigenvalue weighted by Crippen LogP contribution is 2.46. The Morgan fingerprint density at radius 1 is 0.750 bits per heavy atom. The van der Waals surface area contributed by atoms with Gasteiger partial charge in [0, 0.05) is 11.8 Å². The van der Waals surface area contributed by atoms with Crippen LogP contribution in [0.25, 0.3) is 0 Å². The summed E-state index contributed by atoms with van der Waals surface area (Å²) >= 11 is 5.51. The molecule has 3 aromatic carbocycles. The van der Waals surface area contributed by atoms with E-state index in [-0.39, 0.29) is 4.90 Å². The molecule has 0 bridgehead atoms. The lowest BCUT2D eigenvalue weighted by Gasteiger charge is -2.24. The molecule has 0 radical (unpaired) electrons. The van der Waals surface area contributed by atoms with E-state index in [1.165, 1.54) is 19.2 Å². The van der Waals surface area contributed by atoms with E-state index >= 15 is 0 Å². The molecule has 0 aliphatic carbocycles. The third-order valence-electron chi connectivity index (χ3n) is 3.54. The van der Waals surface area contributed by atoms with Crippen LogP contribution in [0.3, 0.4) is 0 Å². The van der Waals surface area contributed by atoms with Gasteiger partial charge in [-0.1, -0.05) is 36.4 Å². The van der Waals surface area contributed by atoms with Crippen LogP contribution in [0.1, 0.15) is 0 Å². The fourth-order valence-electron chi connectivity index (χ4n) is 2.25. The minimum Gasteiger partial charge on any atom is -0.497 e. The molecule has 6 nitrogen and oxygen atoms in total. The van der Waals surface area contributed by atoms with Gasteiger partial charge in [0.25, 0.3) is 0 Å². The molecule has 28 heavy (non-hydrogen) atoms. The van der Waals surface area contributed by atoms with Gasteiger partial charge in [0.05, 0.1) is 12.0 Å². The van der Waals surface area contributed by atoms with Crippen molar-refractivity contribution in [1.82, 2.24) is 4.49 Å². The van der Waals surface area contributed by atoms with Gasteiger partial charge >= 0.3 is 6.64 Å². The summed E-state index contributed by atoms with van der Waals surface area (Å²) in [6.45, 7) is -3.50. The average molecular weight is 435 g/mol. The predicted octanol–water partition coefficient (Wildman–Crippen LogP) is 4.36. The Bertz CT molecular complexity index is 1010. The normalized spacial score (nSPS) is 11.6. The van der Waals surface area contributed by atoms with Gasteiger partial charge in [-0.25, -0.2) is 8.42 Å². The first-order valence-corrected chi connectivity index (χ1v) is 12.3. The molecule has 0 aliphatic heterocycles. The highest BCUT2D eigenvalue weighted by atomic mass is 32.5. The largest absolute Gasteiger partial charge is 0.497 e. The standard InChI is InChI=1S/C19H18NO5PS2/c1-23-16-12-14-19(15-13-16)28(21,22)20-26(27,24-17-8-4-2-5-9-17)25-18-10-6-3-7-11-18/h2-15H,1H3,(H,20,27). The Hall–Kier alpha value is -2.38. The van der Waals surface area contributed by atoms with E-state index in [9.17, 15) is 8.42 Å². The second-order valence-electron chi connectivity index (χ2n) is 5.58. The lowest BCUT2D eigenvalue weighted by molar-refractivity contribution is 0.414. The van der Waals surface area contributed by atoms with E-state index in [0.29, 0.717) is 17.2 Å². The fraction of sp³-hybridized carbons (Fsp3) is 0.0526. The molecule has 0 saturated carbocycles. The Morgan fingerprint density at radius 3 is 1.64 bits per heavy atom. The number of benzene rings is 3. The number of para-hydroxylation sites is 2. The van der Waals surface area contributed by atoms with Crippen molar-refractivity contribution in [1.29, 1.82) is 0 Å². The summed E-state index contributed by atoms with van der Waals surface area (Å²) in [5.41, 5.74) is 0. The maximum absolute atomic E-state index is 12.9. The highest BCUT2D eigenvalue weighted by Gasteiger charge is 2.31. The van der Waals surface area contributed by atoms with Crippen molar-refractivity contribution < 1.29 is 22.2 Å². The van der Waals surface area contributed by atoms with Gasteiger partial charge < -0.3 is 13.8 Å². The van der Waals surface area contributed by atoms with Crippen molar-refractivity contribution in [3.8, 4) is 17.2 Å². The highest BCUT2D eigenvalue weighted by molar-refractivity contribution is 8.14. The molecule has 0 fully saturated rings. The molecule has 0 aromatic heterocycles. The summed E-state index contributed by atoms with van der Waals surface area (Å²) in [7, 11) is -2.49. The van der Waals surface area contributed by atoms with Crippen LogP contribution in [-0.4, -0.2) is 15.5 Å². The van der Waals surface area contributed by atoms with Crippen LogP contribution in [0.5, 0.6) is 17.2 Å². The van der Waals surface area contributed by atoms with Gasteiger partial charge in [-0.2, -0.15) is 0 Å². The van der Waals surface area contributed by atoms with Gasteiger partial charge in [0.2, 0.25) is 10.0 Å². The summed E-state index contributed by atoms with van der Waals surface area (Å²) in [5, 5.41) is 0. The molecule has 0 spiro atoms. The lowest BCUT2D eigenvalue weighted by Crippen LogP contribution is -2.25. The SMILES string of the molecule is COc1ccc(S(=O)(=O)NP(=S)(Oc2ccccc2)Oc2ccccc2)cc1. The molecule has 146 valence electrons. The first-order valence-electron chi connectivity index (χ1n) is 8.18. The molecule has 3 rings (SSSR count). The summed E-state index contributed by atoms with van der Waals surface area (Å²) < 4.78 is 44.8. The lowest BCUT2D eigenvalue weighted by atomic mass is 10.3. The first kappa shape index (κ1) is 20.4. The van der Waals surface area contributed by atoms with Crippen molar-refractivity contribution >= 4 is 28.5 Å². The van der Waals surface area contributed by atoms with Crippen molar-refractivity contribution in [3.05, 3.63) is 84.9 Å². The van der Waals surface area contributed by atoms with Gasteiger partial charge in [0.15, 0.2) is 0 Å². The van der Waals surface area contributed by atoms with Gasteiger partial charge in [-0.05, 0) is 48.5 Å². The Balaban J connectivity index is 1.92. The van der Waals surface area contributed by atoms with Gasteiger partial charge in [-0.3, -0.25) is 0 Å². The molecular weight excluding hydrogens is 417 g/mol. The number of sulfonamides is 1. The van der Waals surface area contributed by atoms with Crippen LogP contribution in [0.2, 0.25) is 0 Å². The number of ether oxygens (including phenoxy) is 1. The molecule has 0 saturated heterocycles. The molecule has 0 unspecified atom stereocenters. The molecular formula is C19H18NO5PS2. The van der Waals surface area contributed by atoms with Gasteiger partial charge in [0.1, 0.15) is 17.2 Å². The third kappa shape index (κ3) is 5.33. The van der Waals surface area contributed by atoms with E-state index in [0.717, 1.165) is 0 Å². The maximum Gasteiger partial charge on any atom is 0.379 e. The Kier molecular flexibility index (Phi) is 6.36. The second kappa shape index (κ2) is 8.75. The number of methoxy groups -OCH3 is 1. The topological polar surface area (TPSA) is 73.9 Å². The smallest absolute Gasteiger partial charge is 0.379 e. The zero-order valence-electron chi connectivity index (χ0n) is 14.9. The quantitative estimate of drug-likeness (QED) is 0.530. The minimum absolute atomic E-state index is 0.0239. The number of hydrogen-bond acceptors (Lipinski definition) is 6. The van der Waals surface area contributed by atoms with E-state index in [1.807, 2.05) is 12.1 Å². The number of hydrogen-bond donors (Lipinski definition) is 1. The molecule has 0 atom stereocenters. The summed E-state index contributed by atoms with van der Waals surface area (Å²) in [6, 6.07) is 23.3. The van der Waals surface area contributed by atoms with Gasteiger partial charge in [-0.15, -0.1) is 4.49 Å². The van der Waals surface area contributed by atoms with Crippen LogP contribution in [0.15, 0.2) is 89.8 Å². The number of rotatable bonds is 8. The average Bonchev–Trinajstić information content (AvgIpc) is 2.69. The molecule has 3 aromatic rings. The minimum atomic E-state index is -3.99. The van der Waals surface area contributed by atoms with Crippen molar-refractivity contribution in [3.63, 3.8) is 0 Å². The predicted molar refractivity (Wildman–Crippen MR) is 112 cm³/mol. The van der Waals surface area contributed by atoms with Crippen molar-refractivity contribution in [2.24, 2.45) is 0 Å². The zero-order valence-corrected chi connectivity index (χ0v) is 17.4. The van der Waals surface area contributed by atoms with Crippen molar-refractivity contribution in [2.75, 3.05) is 7.11 Å². The fourth-order valence-corrected chi connectivity index (χ4v) is 6.88. The van der Waals surface area contributed by atoms with Crippen molar-refractivity contribution in [2.45, 2.75) is 4.90 Å². The number of nitrogens with one attached hydrogen (secondary N) is 1. The molecule has 0 heterocycles. The molecule has 9 heteroatoms. The summed E-state index contributed by atoms with van der Waals surface area (Å²) in [6.07, 6.45) is 0. The van der Waals surface area contributed by atoms with Crippen LogP contribution >= 0.6 is 6.64 Å². The molecule has 1 N–H and O–H groups in total. The first-order chi connectivity index (χ1) is 13.4. The van der Waals surface area contributed by atoms with Crippen LogP contribution in [0, 0.1) is 0 Å². The summed E-state index contributed by atoms with van der Waals surface area (Å²) in [5.74, 6) is 1.35. The van der Waals surface area contributed by atoms with E-state index in [4.69, 9.17) is 25.6 Å². The third-order valence-corrected chi connectivity index (χ3v) is 8.31. The van der Waals surface area contributed by atoms with E-state index in [1.54, 1.807) is 60.7 Å². The van der Waals surface area contributed by atoms with E-state index < -0.39 is 16.7 Å². The Labute approximate surface area is 169 Å². The maximum atomic E-state index is 12.9. The van der Waals surface area contributed by atoms with E-state index in [2.05, 4.69) is 4.49 Å². The second-order valence-corrected chi connectivity index (χ2v) is 10.6. The molecule has 0 aliphatic rings. The van der Waals surface area contributed by atoms with Crippen LogP contribution in [0.4, 0.5) is 0 Å². The van der Waals surface area contributed by atoms with Crippen LogP contribution in [-0.2, 0) is 21.8 Å². The Morgan fingerprint density at radius 2 is 1.21 bits per heavy atom. The zero-order chi connectivity index (χ0) is 20.0. The van der Waals surface area contributed by atoms with Crippen LogP contribution < -0.4 is 18.3 Å². The monoisotopic (exact) mass is 435 g/mol. The molecule has 0 amide bonds.